The van der Waals surface area contributed by atoms with Crippen LogP contribution in [-0.2, 0) is 16.0 Å². The second-order valence-electron chi connectivity index (χ2n) is 11.4. The molecule has 5 rings (SSSR count). The zero-order valence-electron chi connectivity index (χ0n) is 22.3. The van der Waals surface area contributed by atoms with E-state index in [0.29, 0.717) is 22.3 Å². The second kappa shape index (κ2) is 11.6. The minimum absolute atomic E-state index is 0.0341. The van der Waals surface area contributed by atoms with Gasteiger partial charge in [0, 0.05) is 42.9 Å². The number of halogens is 2. The van der Waals surface area contributed by atoms with E-state index in [0.717, 1.165) is 62.9 Å². The van der Waals surface area contributed by atoms with Crippen molar-refractivity contribution in [3.05, 3.63) is 38.8 Å². The predicted octanol–water partition coefficient (Wildman–Crippen LogP) is 5.33. The number of aliphatic hydroxyl groups is 1. The van der Waals surface area contributed by atoms with E-state index in [4.69, 9.17) is 32.9 Å². The van der Waals surface area contributed by atoms with Crippen molar-refractivity contribution in [2.45, 2.75) is 52.1 Å². The fraction of sp³-hybridized carbons (Fsp3) is 0.643. The minimum Gasteiger partial charge on any atom is -0.392 e. The van der Waals surface area contributed by atoms with Crippen LogP contribution in [0, 0.1) is 23.2 Å². The number of benzene rings is 1. The summed E-state index contributed by atoms with van der Waals surface area (Å²) in [6.45, 7) is 11.2. The molecule has 0 spiro atoms. The number of carbonyl (C=O) groups is 1. The Hall–Kier alpha value is -1.42. The number of morpholine rings is 1. The van der Waals surface area contributed by atoms with E-state index < -0.39 is 6.10 Å². The van der Waals surface area contributed by atoms with Gasteiger partial charge in [-0.25, -0.2) is 4.98 Å². The molecule has 2 aliphatic carbocycles. The largest absolute Gasteiger partial charge is 0.392 e. The van der Waals surface area contributed by atoms with Gasteiger partial charge in [0.15, 0.2) is 5.13 Å². The van der Waals surface area contributed by atoms with Crippen molar-refractivity contribution in [2.24, 2.45) is 23.2 Å². The SMILES string of the molecule is C[C@H](C(=O)NCCN1CCOCC1)[C@@H]1CC[C@@]2(C)Cc3sc(Nc4c(Cl)cccc4Cl)nc3[C@@H](C)[C@@H]2[C@H]1O. The van der Waals surface area contributed by atoms with Crippen LogP contribution < -0.4 is 10.6 Å². The molecule has 1 saturated carbocycles. The zero-order chi connectivity index (χ0) is 27.0. The number of anilines is 2. The van der Waals surface area contributed by atoms with E-state index in [-0.39, 0.29) is 35.0 Å². The van der Waals surface area contributed by atoms with Crippen LogP contribution in [0.15, 0.2) is 18.2 Å². The average Bonchev–Trinajstić information content (AvgIpc) is 3.29. The van der Waals surface area contributed by atoms with Crippen molar-refractivity contribution in [1.29, 1.82) is 0 Å². The number of para-hydroxylation sites is 1. The molecule has 2 fully saturated rings. The van der Waals surface area contributed by atoms with E-state index in [1.165, 1.54) is 4.88 Å². The number of carbonyl (C=O) groups excluding carboxylic acids is 1. The number of fused-ring (bicyclic) bond motifs is 2. The number of nitrogens with one attached hydrogen (secondary N) is 2. The topological polar surface area (TPSA) is 86.7 Å². The Bertz CT molecular complexity index is 1140. The van der Waals surface area contributed by atoms with Gasteiger partial charge in [-0.15, -0.1) is 11.3 Å². The zero-order valence-corrected chi connectivity index (χ0v) is 24.6. The van der Waals surface area contributed by atoms with Gasteiger partial charge in [0.05, 0.1) is 40.7 Å². The molecule has 0 unspecified atom stereocenters. The molecule has 10 heteroatoms. The average molecular weight is 582 g/mol. The van der Waals surface area contributed by atoms with Gasteiger partial charge in [-0.05, 0) is 48.6 Å². The van der Waals surface area contributed by atoms with Crippen LogP contribution in [-0.4, -0.2) is 66.4 Å². The molecule has 1 amide bonds. The molecule has 1 aromatic heterocycles. The number of hydrogen-bond acceptors (Lipinski definition) is 7. The van der Waals surface area contributed by atoms with Gasteiger partial charge in [0.1, 0.15) is 0 Å². The van der Waals surface area contributed by atoms with E-state index in [1.807, 2.05) is 13.0 Å². The Kier molecular flexibility index (Phi) is 8.58. The molecular formula is C28H38Cl2N4O3S. The molecule has 1 aliphatic heterocycles. The van der Waals surface area contributed by atoms with Gasteiger partial charge in [-0.1, -0.05) is 50.0 Å². The van der Waals surface area contributed by atoms with Crippen LogP contribution >= 0.6 is 34.5 Å². The van der Waals surface area contributed by atoms with Crippen molar-refractivity contribution in [2.75, 3.05) is 44.7 Å². The van der Waals surface area contributed by atoms with Crippen molar-refractivity contribution >= 4 is 51.3 Å². The molecule has 1 aromatic carbocycles. The Morgan fingerprint density at radius 1 is 1.32 bits per heavy atom. The third-order valence-electron chi connectivity index (χ3n) is 9.00. The lowest BCUT2D eigenvalue weighted by Gasteiger charge is -2.53. The molecule has 0 bridgehead atoms. The lowest BCUT2D eigenvalue weighted by atomic mass is 9.53. The summed E-state index contributed by atoms with van der Waals surface area (Å²) in [6.07, 6.45) is 2.13. The van der Waals surface area contributed by atoms with Crippen molar-refractivity contribution in [3.8, 4) is 0 Å². The van der Waals surface area contributed by atoms with E-state index >= 15 is 0 Å². The third kappa shape index (κ3) is 5.58. The van der Waals surface area contributed by atoms with Gasteiger partial charge in [-0.2, -0.15) is 0 Å². The molecule has 7 nitrogen and oxygen atoms in total. The molecule has 3 N–H and O–H groups in total. The Morgan fingerprint density at radius 2 is 2.03 bits per heavy atom. The second-order valence-corrected chi connectivity index (χ2v) is 13.3. The summed E-state index contributed by atoms with van der Waals surface area (Å²) in [5.74, 6) is -0.170. The predicted molar refractivity (Wildman–Crippen MR) is 154 cm³/mol. The van der Waals surface area contributed by atoms with Crippen LogP contribution in [0.3, 0.4) is 0 Å². The molecule has 1 saturated heterocycles. The van der Waals surface area contributed by atoms with Gasteiger partial charge in [-0.3, -0.25) is 9.69 Å². The van der Waals surface area contributed by atoms with Gasteiger partial charge < -0.3 is 20.5 Å². The Labute approximate surface area is 239 Å². The van der Waals surface area contributed by atoms with E-state index in [9.17, 15) is 9.90 Å². The molecule has 2 heterocycles. The number of nitrogens with zero attached hydrogens (tertiary/aromatic N) is 2. The highest BCUT2D eigenvalue weighted by Crippen LogP contribution is 2.57. The number of rotatable bonds is 7. The molecule has 2 aromatic rings. The summed E-state index contributed by atoms with van der Waals surface area (Å²) in [6, 6.07) is 5.43. The molecular weight excluding hydrogens is 543 g/mol. The van der Waals surface area contributed by atoms with Gasteiger partial charge in [0.25, 0.3) is 0 Å². The summed E-state index contributed by atoms with van der Waals surface area (Å²) in [5, 5.41) is 20.0. The number of aromatic nitrogens is 1. The number of aliphatic hydroxyl groups excluding tert-OH is 1. The smallest absolute Gasteiger partial charge is 0.223 e. The fourth-order valence-electron chi connectivity index (χ4n) is 6.84. The first-order valence-corrected chi connectivity index (χ1v) is 15.2. The highest BCUT2D eigenvalue weighted by Gasteiger charge is 2.53. The lowest BCUT2D eigenvalue weighted by Crippen LogP contribution is -2.53. The Balaban J connectivity index is 1.26. The van der Waals surface area contributed by atoms with E-state index in [2.05, 4.69) is 29.4 Å². The summed E-state index contributed by atoms with van der Waals surface area (Å²) < 4.78 is 5.40. The number of ether oxygens (including phenoxy) is 1. The van der Waals surface area contributed by atoms with Crippen LogP contribution in [0.5, 0.6) is 0 Å². The third-order valence-corrected chi connectivity index (χ3v) is 10.6. The number of amides is 1. The molecule has 3 aliphatic rings. The maximum Gasteiger partial charge on any atom is 0.223 e. The van der Waals surface area contributed by atoms with Crippen molar-refractivity contribution in [3.63, 3.8) is 0 Å². The molecule has 6 atom stereocenters. The standard InChI is InChI=1S/C28H38Cl2N4O3S/c1-16(26(36)31-9-10-34-11-13-37-14-12-34)18-7-8-28(3)15-21-23(17(2)22(28)25(18)35)32-27(38-21)33-24-19(29)5-4-6-20(24)30/h4-6,16-18,22,25,35H,7-15H2,1-3H3,(H,31,36)(H,32,33)/t16-,17-,18-,22+,25-,28-/m0/s1. The summed E-state index contributed by atoms with van der Waals surface area (Å²) in [4.78, 5) is 21.6. The monoisotopic (exact) mass is 580 g/mol. The summed E-state index contributed by atoms with van der Waals surface area (Å²) in [5.41, 5.74) is 1.65. The molecule has 38 heavy (non-hydrogen) atoms. The first-order valence-electron chi connectivity index (χ1n) is 13.6. The molecule has 0 radical (unpaired) electrons. The van der Waals surface area contributed by atoms with E-state index in [1.54, 1.807) is 23.5 Å². The maximum atomic E-state index is 13.1. The normalized spacial score (nSPS) is 30.3. The van der Waals surface area contributed by atoms with Crippen LogP contribution in [0.1, 0.15) is 50.1 Å². The van der Waals surface area contributed by atoms with Crippen molar-refractivity contribution in [1.82, 2.24) is 15.2 Å². The number of hydrogen-bond donors (Lipinski definition) is 3. The van der Waals surface area contributed by atoms with Crippen LogP contribution in [0.2, 0.25) is 10.0 Å². The number of thiazole rings is 1. The highest BCUT2D eigenvalue weighted by atomic mass is 35.5. The first-order chi connectivity index (χ1) is 18.2. The van der Waals surface area contributed by atoms with Gasteiger partial charge >= 0.3 is 0 Å². The van der Waals surface area contributed by atoms with Crippen molar-refractivity contribution < 1.29 is 14.6 Å². The minimum atomic E-state index is -0.562. The summed E-state index contributed by atoms with van der Waals surface area (Å²) in [7, 11) is 0. The highest BCUT2D eigenvalue weighted by molar-refractivity contribution is 7.15. The quantitative estimate of drug-likeness (QED) is 0.410. The molecule has 208 valence electrons. The summed E-state index contributed by atoms with van der Waals surface area (Å²) >= 11 is 14.4. The van der Waals surface area contributed by atoms with Gasteiger partial charge in [0.2, 0.25) is 5.91 Å². The lowest BCUT2D eigenvalue weighted by molar-refractivity contribution is -0.134. The van der Waals surface area contributed by atoms with Crippen LogP contribution in [0.4, 0.5) is 10.8 Å². The Morgan fingerprint density at radius 3 is 2.74 bits per heavy atom. The first kappa shape index (κ1) is 28.1. The fourth-order valence-corrected chi connectivity index (χ4v) is 8.60. The van der Waals surface area contributed by atoms with Crippen LogP contribution in [0.25, 0.3) is 0 Å². The maximum absolute atomic E-state index is 13.1.